The van der Waals surface area contributed by atoms with Crippen molar-refractivity contribution in [2.75, 3.05) is 5.32 Å². The van der Waals surface area contributed by atoms with Gasteiger partial charge in [-0.15, -0.1) is 0 Å². The number of carbonyl (C=O) groups is 1. The van der Waals surface area contributed by atoms with Crippen LogP contribution in [0.15, 0.2) is 47.0 Å². The average molecular weight is 266 g/mol. The van der Waals surface area contributed by atoms with Crippen LogP contribution in [0.4, 0.5) is 5.69 Å². The Labute approximate surface area is 116 Å². The minimum Gasteiger partial charge on any atom is -0.456 e. The molecule has 0 aliphatic rings. The number of benzene rings is 1. The van der Waals surface area contributed by atoms with Crippen LogP contribution in [-0.2, 0) is 0 Å². The molecule has 0 unspecified atom stereocenters. The van der Waals surface area contributed by atoms with E-state index < -0.39 is 0 Å². The fourth-order valence-electron chi connectivity index (χ4n) is 2.07. The summed E-state index contributed by atoms with van der Waals surface area (Å²) in [6, 6.07) is 11.2. The standard InChI is InChI=1S/C16H14N2O2/c1-10-9-14(20-11(10)2)16(19)18-13-7-3-5-12-6-4-8-17-15(12)13/h3-9H,1-2H3,(H,18,19). The molecule has 0 saturated heterocycles. The van der Waals surface area contributed by atoms with Gasteiger partial charge in [-0.3, -0.25) is 9.78 Å². The number of para-hydroxylation sites is 1. The first-order chi connectivity index (χ1) is 9.65. The molecule has 0 aliphatic carbocycles. The predicted molar refractivity (Wildman–Crippen MR) is 77.9 cm³/mol. The maximum Gasteiger partial charge on any atom is 0.291 e. The summed E-state index contributed by atoms with van der Waals surface area (Å²) in [4.78, 5) is 16.5. The molecule has 1 amide bonds. The summed E-state index contributed by atoms with van der Waals surface area (Å²) in [6.07, 6.45) is 1.71. The van der Waals surface area contributed by atoms with E-state index in [1.807, 2.05) is 44.2 Å². The van der Waals surface area contributed by atoms with Gasteiger partial charge in [0.2, 0.25) is 0 Å². The second-order valence-corrected chi connectivity index (χ2v) is 4.68. The summed E-state index contributed by atoms with van der Waals surface area (Å²) in [5.74, 6) is 0.804. The molecular formula is C16H14N2O2. The Kier molecular flexibility index (Phi) is 2.99. The van der Waals surface area contributed by atoms with E-state index >= 15 is 0 Å². The van der Waals surface area contributed by atoms with Gasteiger partial charge >= 0.3 is 0 Å². The normalized spacial score (nSPS) is 10.7. The second-order valence-electron chi connectivity index (χ2n) is 4.68. The predicted octanol–water partition coefficient (Wildman–Crippen LogP) is 3.70. The van der Waals surface area contributed by atoms with Crippen molar-refractivity contribution >= 4 is 22.5 Å². The number of fused-ring (bicyclic) bond motifs is 1. The Morgan fingerprint density at radius 3 is 2.75 bits per heavy atom. The van der Waals surface area contributed by atoms with Crippen LogP contribution in [0.3, 0.4) is 0 Å². The molecule has 4 heteroatoms. The van der Waals surface area contributed by atoms with Gasteiger partial charge in [-0.1, -0.05) is 18.2 Å². The second kappa shape index (κ2) is 4.81. The fourth-order valence-corrected chi connectivity index (χ4v) is 2.07. The lowest BCUT2D eigenvalue weighted by atomic mass is 10.2. The number of hydrogen-bond acceptors (Lipinski definition) is 3. The lowest BCUT2D eigenvalue weighted by molar-refractivity contribution is 0.0995. The molecule has 0 atom stereocenters. The Bertz CT molecular complexity index is 765. The van der Waals surface area contributed by atoms with Crippen LogP contribution in [0.2, 0.25) is 0 Å². The van der Waals surface area contributed by atoms with Crippen LogP contribution in [-0.4, -0.2) is 10.9 Å². The number of nitrogens with one attached hydrogen (secondary N) is 1. The number of amides is 1. The van der Waals surface area contributed by atoms with E-state index in [0.29, 0.717) is 11.4 Å². The summed E-state index contributed by atoms with van der Waals surface area (Å²) in [7, 11) is 0. The third-order valence-corrected chi connectivity index (χ3v) is 3.27. The molecule has 0 fully saturated rings. The topological polar surface area (TPSA) is 55.1 Å². The van der Waals surface area contributed by atoms with Crippen molar-refractivity contribution in [2.24, 2.45) is 0 Å². The van der Waals surface area contributed by atoms with Crippen LogP contribution in [0.5, 0.6) is 0 Å². The van der Waals surface area contributed by atoms with Crippen LogP contribution in [0.25, 0.3) is 10.9 Å². The van der Waals surface area contributed by atoms with Crippen LogP contribution >= 0.6 is 0 Å². The maximum atomic E-state index is 12.2. The molecule has 0 saturated carbocycles. The van der Waals surface area contributed by atoms with Gasteiger partial charge in [0.15, 0.2) is 5.76 Å². The van der Waals surface area contributed by atoms with Crippen molar-refractivity contribution in [2.45, 2.75) is 13.8 Å². The number of pyridine rings is 1. The van der Waals surface area contributed by atoms with Gasteiger partial charge in [-0.25, -0.2) is 0 Å². The van der Waals surface area contributed by atoms with Gasteiger partial charge in [0.25, 0.3) is 5.91 Å². The number of hydrogen-bond donors (Lipinski definition) is 1. The van der Waals surface area contributed by atoms with Crippen molar-refractivity contribution in [1.29, 1.82) is 0 Å². The molecule has 0 aliphatic heterocycles. The number of aryl methyl sites for hydroxylation is 2. The van der Waals surface area contributed by atoms with Gasteiger partial charge in [0.1, 0.15) is 5.76 Å². The van der Waals surface area contributed by atoms with Crippen molar-refractivity contribution < 1.29 is 9.21 Å². The molecule has 0 spiro atoms. The highest BCUT2D eigenvalue weighted by molar-refractivity contribution is 6.06. The summed E-state index contributed by atoms with van der Waals surface area (Å²) < 4.78 is 5.43. The lowest BCUT2D eigenvalue weighted by Gasteiger charge is -2.06. The number of anilines is 1. The van der Waals surface area contributed by atoms with Crippen LogP contribution < -0.4 is 5.32 Å². The zero-order valence-electron chi connectivity index (χ0n) is 11.3. The highest BCUT2D eigenvalue weighted by Crippen LogP contribution is 2.22. The molecule has 4 nitrogen and oxygen atoms in total. The first-order valence-electron chi connectivity index (χ1n) is 6.37. The molecule has 1 aromatic carbocycles. The third-order valence-electron chi connectivity index (χ3n) is 3.27. The van der Waals surface area contributed by atoms with E-state index in [0.717, 1.165) is 22.2 Å². The molecule has 1 N–H and O–H groups in total. The molecule has 2 aromatic heterocycles. The summed E-state index contributed by atoms with van der Waals surface area (Å²) in [6.45, 7) is 3.75. The highest BCUT2D eigenvalue weighted by atomic mass is 16.3. The SMILES string of the molecule is Cc1cc(C(=O)Nc2cccc3cccnc23)oc1C. The Morgan fingerprint density at radius 2 is 2.00 bits per heavy atom. The number of aromatic nitrogens is 1. The molecule has 0 bridgehead atoms. The largest absolute Gasteiger partial charge is 0.456 e. The maximum absolute atomic E-state index is 12.2. The van der Waals surface area contributed by atoms with Crippen molar-refractivity contribution in [3.8, 4) is 0 Å². The van der Waals surface area contributed by atoms with Gasteiger partial charge in [0, 0.05) is 11.6 Å². The van der Waals surface area contributed by atoms with Gasteiger partial charge < -0.3 is 9.73 Å². The van der Waals surface area contributed by atoms with E-state index in [1.165, 1.54) is 0 Å². The summed E-state index contributed by atoms with van der Waals surface area (Å²) >= 11 is 0. The Balaban J connectivity index is 1.95. The molecule has 2 heterocycles. The third kappa shape index (κ3) is 2.16. The van der Waals surface area contributed by atoms with Gasteiger partial charge in [-0.05, 0) is 37.6 Å². The Hall–Kier alpha value is -2.62. The Morgan fingerprint density at radius 1 is 1.20 bits per heavy atom. The summed E-state index contributed by atoms with van der Waals surface area (Å²) in [5.41, 5.74) is 2.41. The minimum atomic E-state index is -0.264. The molecule has 3 aromatic rings. The monoisotopic (exact) mass is 266 g/mol. The molecule has 20 heavy (non-hydrogen) atoms. The fraction of sp³-hybridized carbons (Fsp3) is 0.125. The molecule has 0 radical (unpaired) electrons. The van der Waals surface area contributed by atoms with E-state index in [1.54, 1.807) is 12.3 Å². The number of nitrogens with zero attached hydrogens (tertiary/aromatic N) is 1. The van der Waals surface area contributed by atoms with E-state index in [2.05, 4.69) is 10.3 Å². The quantitative estimate of drug-likeness (QED) is 0.769. The zero-order valence-corrected chi connectivity index (χ0v) is 11.3. The van der Waals surface area contributed by atoms with Gasteiger partial charge in [-0.2, -0.15) is 0 Å². The highest BCUT2D eigenvalue weighted by Gasteiger charge is 2.14. The van der Waals surface area contributed by atoms with Gasteiger partial charge in [0.05, 0.1) is 11.2 Å². The average Bonchev–Trinajstić information content (AvgIpc) is 2.79. The first kappa shape index (κ1) is 12.4. The van der Waals surface area contributed by atoms with Crippen LogP contribution in [0.1, 0.15) is 21.9 Å². The molecular weight excluding hydrogens is 252 g/mol. The first-order valence-corrected chi connectivity index (χ1v) is 6.37. The minimum absolute atomic E-state index is 0.264. The number of furan rings is 1. The summed E-state index contributed by atoms with van der Waals surface area (Å²) in [5, 5.41) is 3.83. The molecule has 100 valence electrons. The van der Waals surface area contributed by atoms with Crippen molar-refractivity contribution in [3.63, 3.8) is 0 Å². The van der Waals surface area contributed by atoms with E-state index in [-0.39, 0.29) is 5.91 Å². The number of rotatable bonds is 2. The van der Waals surface area contributed by atoms with E-state index in [4.69, 9.17) is 4.42 Å². The van der Waals surface area contributed by atoms with Crippen LogP contribution in [0, 0.1) is 13.8 Å². The molecule has 3 rings (SSSR count). The zero-order chi connectivity index (χ0) is 14.1. The number of carbonyl (C=O) groups excluding carboxylic acids is 1. The van der Waals surface area contributed by atoms with Crippen molar-refractivity contribution in [1.82, 2.24) is 4.98 Å². The lowest BCUT2D eigenvalue weighted by Crippen LogP contribution is -2.11. The van der Waals surface area contributed by atoms with Crippen molar-refractivity contribution in [3.05, 3.63) is 59.7 Å². The smallest absolute Gasteiger partial charge is 0.291 e. The van der Waals surface area contributed by atoms with E-state index in [9.17, 15) is 4.79 Å².